The van der Waals surface area contributed by atoms with Crippen molar-refractivity contribution in [2.45, 2.75) is 0 Å². The third-order valence-corrected chi connectivity index (χ3v) is 3.00. The van der Waals surface area contributed by atoms with E-state index in [9.17, 15) is 0 Å². The average Bonchev–Trinajstić information content (AvgIpc) is 2.38. The molecule has 0 bridgehead atoms. The number of rotatable bonds is 2. The molecule has 84 valence electrons. The van der Waals surface area contributed by atoms with Crippen LogP contribution >= 0.6 is 15.9 Å². The predicted octanol–water partition coefficient (Wildman–Crippen LogP) is 2.88. The van der Waals surface area contributed by atoms with Gasteiger partial charge in [-0.05, 0) is 28.1 Å². The number of hydrogen-bond acceptors (Lipinski definition) is 4. The van der Waals surface area contributed by atoms with Gasteiger partial charge in [-0.25, -0.2) is 9.97 Å². The maximum atomic E-state index is 8.80. The van der Waals surface area contributed by atoms with Crippen molar-refractivity contribution in [1.29, 1.82) is 5.26 Å². The molecule has 1 aromatic heterocycles. The van der Waals surface area contributed by atoms with E-state index in [0.29, 0.717) is 11.5 Å². The number of anilines is 2. The summed E-state index contributed by atoms with van der Waals surface area (Å²) in [6.45, 7) is 0. The second-order valence-electron chi connectivity index (χ2n) is 3.38. The normalized spacial score (nSPS) is 9.71. The number of halogens is 1. The lowest BCUT2D eigenvalue weighted by Gasteiger charge is -2.19. The zero-order chi connectivity index (χ0) is 12.3. The Balaban J connectivity index is 2.41. The van der Waals surface area contributed by atoms with E-state index < -0.39 is 0 Å². The molecule has 0 unspecified atom stereocenters. The summed E-state index contributed by atoms with van der Waals surface area (Å²) in [7, 11) is 1.89. The lowest BCUT2D eigenvalue weighted by atomic mass is 10.3. The van der Waals surface area contributed by atoms with Crippen LogP contribution in [0.5, 0.6) is 0 Å². The molecule has 0 spiro atoms. The van der Waals surface area contributed by atoms with E-state index in [0.717, 1.165) is 10.2 Å². The summed E-state index contributed by atoms with van der Waals surface area (Å²) in [6.07, 6.45) is 1.39. The molecule has 0 fully saturated rings. The summed E-state index contributed by atoms with van der Waals surface area (Å²) in [5.74, 6) is 0.684. The molecule has 1 aromatic carbocycles. The molecular weight excluding hydrogens is 280 g/mol. The quantitative estimate of drug-likeness (QED) is 0.853. The number of aromatic nitrogens is 2. The molecule has 0 aliphatic carbocycles. The minimum Gasteiger partial charge on any atom is -0.328 e. The van der Waals surface area contributed by atoms with Crippen LogP contribution in [0.15, 0.2) is 41.1 Å². The Hall–Kier alpha value is -1.93. The van der Waals surface area contributed by atoms with Gasteiger partial charge in [0.15, 0.2) is 0 Å². The Morgan fingerprint density at radius 3 is 2.76 bits per heavy atom. The summed E-state index contributed by atoms with van der Waals surface area (Å²) >= 11 is 3.48. The van der Waals surface area contributed by atoms with Crippen molar-refractivity contribution in [1.82, 2.24) is 9.97 Å². The predicted molar refractivity (Wildman–Crippen MR) is 69.0 cm³/mol. The van der Waals surface area contributed by atoms with Crippen LogP contribution in [0.2, 0.25) is 0 Å². The van der Waals surface area contributed by atoms with Gasteiger partial charge >= 0.3 is 0 Å². The van der Waals surface area contributed by atoms with E-state index in [1.54, 1.807) is 6.07 Å². The van der Waals surface area contributed by atoms with Gasteiger partial charge in [0, 0.05) is 17.6 Å². The third-order valence-electron chi connectivity index (χ3n) is 2.32. The van der Waals surface area contributed by atoms with Crippen LogP contribution in [-0.4, -0.2) is 17.0 Å². The third kappa shape index (κ3) is 2.43. The first kappa shape index (κ1) is 11.6. The SMILES string of the molecule is CN(c1cc(C#N)ncn1)c1ccccc1Br. The van der Waals surface area contributed by atoms with Gasteiger partial charge in [-0.1, -0.05) is 12.1 Å². The smallest absolute Gasteiger partial charge is 0.145 e. The first-order chi connectivity index (χ1) is 8.22. The molecule has 0 saturated heterocycles. The van der Waals surface area contributed by atoms with Gasteiger partial charge in [0.25, 0.3) is 0 Å². The molecule has 0 saturated carbocycles. The Labute approximate surface area is 108 Å². The monoisotopic (exact) mass is 288 g/mol. The molecule has 0 amide bonds. The van der Waals surface area contributed by atoms with E-state index in [1.165, 1.54) is 6.33 Å². The Bertz CT molecular complexity index is 577. The molecule has 4 nitrogen and oxygen atoms in total. The number of nitriles is 1. The number of hydrogen-bond donors (Lipinski definition) is 0. The molecule has 2 aromatic rings. The van der Waals surface area contributed by atoms with Crippen molar-refractivity contribution >= 4 is 27.4 Å². The lowest BCUT2D eigenvalue weighted by Crippen LogP contribution is -2.12. The minimum absolute atomic E-state index is 0.355. The first-order valence-corrected chi connectivity index (χ1v) is 5.72. The second-order valence-corrected chi connectivity index (χ2v) is 4.24. The van der Waals surface area contributed by atoms with Crippen LogP contribution in [0.4, 0.5) is 11.5 Å². The van der Waals surface area contributed by atoms with Crippen LogP contribution in [0.25, 0.3) is 0 Å². The number of benzene rings is 1. The van der Waals surface area contributed by atoms with Crippen molar-refractivity contribution < 1.29 is 0 Å². The van der Waals surface area contributed by atoms with Crippen molar-refractivity contribution in [3.05, 3.63) is 46.8 Å². The van der Waals surface area contributed by atoms with Gasteiger partial charge in [0.05, 0.1) is 5.69 Å². The molecule has 0 aliphatic rings. The van der Waals surface area contributed by atoms with Crippen LogP contribution in [0.3, 0.4) is 0 Å². The summed E-state index contributed by atoms with van der Waals surface area (Å²) < 4.78 is 0.972. The van der Waals surface area contributed by atoms with E-state index in [4.69, 9.17) is 5.26 Å². The van der Waals surface area contributed by atoms with Gasteiger partial charge in [-0.3, -0.25) is 0 Å². The van der Waals surface area contributed by atoms with Gasteiger partial charge in [-0.2, -0.15) is 5.26 Å². The van der Waals surface area contributed by atoms with Gasteiger partial charge in [0.2, 0.25) is 0 Å². The maximum absolute atomic E-state index is 8.80. The van der Waals surface area contributed by atoms with E-state index in [-0.39, 0.29) is 0 Å². The zero-order valence-electron chi connectivity index (χ0n) is 9.13. The molecule has 0 aliphatic heterocycles. The fraction of sp³-hybridized carbons (Fsp3) is 0.0833. The standard InChI is InChI=1S/C12H9BrN4/c1-17(11-5-3-2-4-10(11)13)12-6-9(7-14)15-8-16-12/h2-6,8H,1H3. The average molecular weight is 289 g/mol. The Kier molecular flexibility index (Phi) is 3.35. The summed E-state index contributed by atoms with van der Waals surface area (Å²) in [6, 6.07) is 11.5. The largest absolute Gasteiger partial charge is 0.328 e. The van der Waals surface area contributed by atoms with Crippen LogP contribution in [-0.2, 0) is 0 Å². The van der Waals surface area contributed by atoms with Crippen molar-refractivity contribution in [3.8, 4) is 6.07 Å². The molecule has 1 heterocycles. The molecule has 5 heteroatoms. The van der Waals surface area contributed by atoms with Crippen molar-refractivity contribution in [2.24, 2.45) is 0 Å². The summed E-state index contributed by atoms with van der Waals surface area (Å²) in [5, 5.41) is 8.80. The number of para-hydroxylation sites is 1. The van der Waals surface area contributed by atoms with Crippen molar-refractivity contribution in [3.63, 3.8) is 0 Å². The molecular formula is C12H9BrN4. The Morgan fingerprint density at radius 1 is 1.29 bits per heavy atom. The maximum Gasteiger partial charge on any atom is 0.145 e. The molecule has 0 atom stereocenters. The van der Waals surface area contributed by atoms with E-state index >= 15 is 0 Å². The first-order valence-electron chi connectivity index (χ1n) is 4.93. The molecule has 0 radical (unpaired) electrons. The minimum atomic E-state index is 0.355. The van der Waals surface area contributed by atoms with Crippen LogP contribution < -0.4 is 4.90 Å². The van der Waals surface area contributed by atoms with Crippen molar-refractivity contribution in [2.75, 3.05) is 11.9 Å². The van der Waals surface area contributed by atoms with Gasteiger partial charge in [0.1, 0.15) is 23.9 Å². The highest BCUT2D eigenvalue weighted by atomic mass is 79.9. The fourth-order valence-electron chi connectivity index (χ4n) is 1.44. The highest BCUT2D eigenvalue weighted by molar-refractivity contribution is 9.10. The van der Waals surface area contributed by atoms with Gasteiger partial charge in [-0.15, -0.1) is 0 Å². The van der Waals surface area contributed by atoms with E-state index in [2.05, 4.69) is 25.9 Å². The van der Waals surface area contributed by atoms with Crippen LogP contribution in [0.1, 0.15) is 5.69 Å². The van der Waals surface area contributed by atoms with Gasteiger partial charge < -0.3 is 4.90 Å². The zero-order valence-corrected chi connectivity index (χ0v) is 10.7. The molecule has 17 heavy (non-hydrogen) atoms. The fourth-order valence-corrected chi connectivity index (χ4v) is 1.99. The highest BCUT2D eigenvalue weighted by Crippen LogP contribution is 2.29. The van der Waals surface area contributed by atoms with E-state index in [1.807, 2.05) is 42.3 Å². The second kappa shape index (κ2) is 4.93. The topological polar surface area (TPSA) is 52.8 Å². The molecule has 2 rings (SSSR count). The lowest BCUT2D eigenvalue weighted by molar-refractivity contribution is 1.06. The summed E-state index contributed by atoms with van der Waals surface area (Å²) in [4.78, 5) is 9.89. The highest BCUT2D eigenvalue weighted by Gasteiger charge is 2.09. The summed E-state index contributed by atoms with van der Waals surface area (Å²) in [5.41, 5.74) is 1.34. The number of nitrogens with zero attached hydrogens (tertiary/aromatic N) is 4. The van der Waals surface area contributed by atoms with Crippen LogP contribution in [0, 0.1) is 11.3 Å². The molecule has 0 N–H and O–H groups in total. The Morgan fingerprint density at radius 2 is 2.06 bits per heavy atom.